The van der Waals surface area contributed by atoms with Gasteiger partial charge in [0.1, 0.15) is 6.04 Å². The number of hydrazone groups is 1. The molecule has 0 unspecified atom stereocenters. The molecule has 23 heavy (non-hydrogen) atoms. The van der Waals surface area contributed by atoms with Crippen molar-refractivity contribution in [3.63, 3.8) is 0 Å². The Bertz CT molecular complexity index is 798. The summed E-state index contributed by atoms with van der Waals surface area (Å²) in [7, 11) is 0. The van der Waals surface area contributed by atoms with E-state index in [2.05, 4.69) is 25.8 Å². The number of thiazole rings is 1. The maximum Gasteiger partial charge on any atom is 0.262 e. The summed E-state index contributed by atoms with van der Waals surface area (Å²) in [5, 5.41) is 7.73. The van der Waals surface area contributed by atoms with E-state index in [0.717, 1.165) is 15.8 Å². The number of rotatable bonds is 5. The van der Waals surface area contributed by atoms with Crippen molar-refractivity contribution in [3.05, 3.63) is 54.4 Å². The number of fused-ring (bicyclic) bond motifs is 1. The maximum absolute atomic E-state index is 12.0. The van der Waals surface area contributed by atoms with E-state index in [4.69, 9.17) is 0 Å². The first-order chi connectivity index (χ1) is 11.2. The first kappa shape index (κ1) is 15.1. The van der Waals surface area contributed by atoms with Crippen LogP contribution in [0.4, 0.5) is 5.13 Å². The summed E-state index contributed by atoms with van der Waals surface area (Å²) < 4.78 is 1.08. The van der Waals surface area contributed by atoms with Crippen LogP contribution in [0.1, 0.15) is 12.5 Å². The topological polar surface area (TPSA) is 79.3 Å². The van der Waals surface area contributed by atoms with Gasteiger partial charge in [0.25, 0.3) is 5.91 Å². The Balaban J connectivity index is 1.58. The van der Waals surface area contributed by atoms with Gasteiger partial charge in [0, 0.05) is 18.0 Å². The second-order valence-electron chi connectivity index (χ2n) is 4.87. The molecule has 6 nitrogen and oxygen atoms in total. The fourth-order valence-corrected chi connectivity index (χ4v) is 2.86. The minimum atomic E-state index is -0.443. The second-order valence-corrected chi connectivity index (χ2v) is 5.90. The molecule has 7 heteroatoms. The van der Waals surface area contributed by atoms with Crippen LogP contribution < -0.4 is 10.7 Å². The molecule has 2 heterocycles. The highest BCUT2D eigenvalue weighted by atomic mass is 32.1. The van der Waals surface area contributed by atoms with Crippen molar-refractivity contribution in [2.24, 2.45) is 5.10 Å². The third kappa shape index (κ3) is 3.89. The average molecular weight is 325 g/mol. The molecule has 3 aromatic rings. The van der Waals surface area contributed by atoms with Crippen LogP contribution >= 0.6 is 11.3 Å². The van der Waals surface area contributed by atoms with Gasteiger partial charge in [0.05, 0.1) is 16.4 Å². The number of hydrogen-bond donors (Lipinski definition) is 2. The van der Waals surface area contributed by atoms with Crippen molar-refractivity contribution in [1.82, 2.24) is 15.4 Å². The molecule has 0 aliphatic carbocycles. The highest BCUT2D eigenvalue weighted by molar-refractivity contribution is 7.22. The molecule has 0 saturated heterocycles. The molecule has 1 atom stereocenters. The standard InChI is InChI=1S/C16H15N5OS/c1-11(15(22)21-18-10-12-5-4-8-17-9-12)19-16-20-13-6-2-3-7-14(13)23-16/h2-11H,1H3,(H,19,20)(H,21,22)/b18-10-/t11-/m0/s1. The number of aromatic nitrogens is 2. The summed E-state index contributed by atoms with van der Waals surface area (Å²) in [5.41, 5.74) is 4.24. The Labute approximate surface area is 137 Å². The van der Waals surface area contributed by atoms with Crippen LogP contribution in [0.15, 0.2) is 53.9 Å². The molecule has 116 valence electrons. The molecule has 0 radical (unpaired) electrons. The smallest absolute Gasteiger partial charge is 0.262 e. The lowest BCUT2D eigenvalue weighted by Crippen LogP contribution is -2.34. The van der Waals surface area contributed by atoms with Crippen LogP contribution in [-0.4, -0.2) is 28.1 Å². The molecule has 1 aromatic carbocycles. The molecule has 3 rings (SSSR count). The average Bonchev–Trinajstić information content (AvgIpc) is 2.98. The zero-order valence-corrected chi connectivity index (χ0v) is 13.2. The van der Waals surface area contributed by atoms with E-state index in [1.165, 1.54) is 11.3 Å². The van der Waals surface area contributed by atoms with E-state index in [1.54, 1.807) is 31.6 Å². The summed E-state index contributed by atoms with van der Waals surface area (Å²) >= 11 is 1.51. The molecule has 2 aromatic heterocycles. The molecule has 0 aliphatic heterocycles. The lowest BCUT2D eigenvalue weighted by Gasteiger charge is -2.10. The van der Waals surface area contributed by atoms with Gasteiger partial charge in [0.15, 0.2) is 5.13 Å². The van der Waals surface area contributed by atoms with Crippen molar-refractivity contribution in [2.75, 3.05) is 5.32 Å². The largest absolute Gasteiger partial charge is 0.350 e. The molecule has 1 amide bonds. The first-order valence-corrected chi connectivity index (χ1v) is 7.89. The van der Waals surface area contributed by atoms with Crippen LogP contribution in [0.25, 0.3) is 10.2 Å². The van der Waals surface area contributed by atoms with Gasteiger partial charge in [-0.05, 0) is 25.1 Å². The zero-order valence-electron chi connectivity index (χ0n) is 12.4. The van der Waals surface area contributed by atoms with Crippen LogP contribution in [0.2, 0.25) is 0 Å². The Morgan fingerprint density at radius 2 is 2.17 bits per heavy atom. The maximum atomic E-state index is 12.0. The van der Waals surface area contributed by atoms with E-state index >= 15 is 0 Å². The quantitative estimate of drug-likeness (QED) is 0.558. The molecule has 0 aliphatic rings. The van der Waals surface area contributed by atoms with Gasteiger partial charge in [-0.15, -0.1) is 0 Å². The number of para-hydroxylation sites is 1. The Hall–Kier alpha value is -2.80. The summed E-state index contributed by atoms with van der Waals surface area (Å²) in [6.45, 7) is 1.76. The number of nitrogens with one attached hydrogen (secondary N) is 2. The number of carbonyl (C=O) groups excluding carboxylic acids is 1. The minimum Gasteiger partial charge on any atom is -0.350 e. The predicted octanol–water partition coefficient (Wildman–Crippen LogP) is 2.64. The lowest BCUT2D eigenvalue weighted by molar-refractivity contribution is -0.121. The SMILES string of the molecule is C[C@H](Nc1nc2ccccc2s1)C(=O)N/N=C\c1cccnc1. The fourth-order valence-electron chi connectivity index (χ4n) is 1.90. The van der Waals surface area contributed by atoms with Gasteiger partial charge < -0.3 is 5.32 Å². The third-order valence-corrected chi connectivity index (χ3v) is 4.07. The van der Waals surface area contributed by atoms with Crippen LogP contribution in [0, 0.1) is 0 Å². The molecule has 2 N–H and O–H groups in total. The summed E-state index contributed by atoms with van der Waals surface area (Å²) in [6, 6.07) is 11.1. The van der Waals surface area contributed by atoms with E-state index in [9.17, 15) is 4.79 Å². The Kier molecular flexibility index (Phi) is 4.58. The Morgan fingerprint density at radius 3 is 2.96 bits per heavy atom. The highest BCUT2D eigenvalue weighted by Gasteiger charge is 2.13. The molecule has 0 saturated carbocycles. The second kappa shape index (κ2) is 6.97. The van der Waals surface area contributed by atoms with E-state index in [-0.39, 0.29) is 5.91 Å². The van der Waals surface area contributed by atoms with E-state index in [0.29, 0.717) is 5.13 Å². The molecule has 0 bridgehead atoms. The van der Waals surface area contributed by atoms with E-state index < -0.39 is 6.04 Å². The molecular formula is C16H15N5OS. The van der Waals surface area contributed by atoms with Crippen molar-refractivity contribution < 1.29 is 4.79 Å². The summed E-state index contributed by atoms with van der Waals surface area (Å²) in [5.74, 6) is -0.232. The molecule has 0 fully saturated rings. The van der Waals surface area contributed by atoms with Gasteiger partial charge in [0.2, 0.25) is 0 Å². The number of nitrogens with zero attached hydrogens (tertiary/aromatic N) is 3. The first-order valence-electron chi connectivity index (χ1n) is 7.07. The lowest BCUT2D eigenvalue weighted by atomic mass is 10.3. The monoisotopic (exact) mass is 325 g/mol. The minimum absolute atomic E-state index is 0.232. The fraction of sp³-hybridized carbons (Fsp3) is 0.125. The Morgan fingerprint density at radius 1 is 1.30 bits per heavy atom. The van der Waals surface area contributed by atoms with Crippen molar-refractivity contribution in [3.8, 4) is 0 Å². The van der Waals surface area contributed by atoms with Crippen molar-refractivity contribution in [2.45, 2.75) is 13.0 Å². The van der Waals surface area contributed by atoms with Crippen molar-refractivity contribution in [1.29, 1.82) is 0 Å². The van der Waals surface area contributed by atoms with Gasteiger partial charge in [-0.25, -0.2) is 10.4 Å². The third-order valence-electron chi connectivity index (χ3n) is 3.10. The number of benzene rings is 1. The normalized spacial score (nSPS) is 12.4. The number of carbonyl (C=O) groups is 1. The van der Waals surface area contributed by atoms with Crippen molar-refractivity contribution >= 4 is 38.8 Å². The molecular weight excluding hydrogens is 310 g/mol. The number of anilines is 1. The van der Waals surface area contributed by atoms with Crippen LogP contribution in [0.3, 0.4) is 0 Å². The number of pyridine rings is 1. The van der Waals surface area contributed by atoms with Gasteiger partial charge >= 0.3 is 0 Å². The van der Waals surface area contributed by atoms with Crippen LogP contribution in [0.5, 0.6) is 0 Å². The summed E-state index contributed by atoms with van der Waals surface area (Å²) in [4.78, 5) is 20.4. The highest BCUT2D eigenvalue weighted by Crippen LogP contribution is 2.25. The van der Waals surface area contributed by atoms with Gasteiger partial charge in [-0.3, -0.25) is 9.78 Å². The molecule has 0 spiro atoms. The zero-order chi connectivity index (χ0) is 16.1. The van der Waals surface area contributed by atoms with Gasteiger partial charge in [-0.2, -0.15) is 5.10 Å². The van der Waals surface area contributed by atoms with Gasteiger partial charge in [-0.1, -0.05) is 29.5 Å². The van der Waals surface area contributed by atoms with E-state index in [1.807, 2.05) is 30.3 Å². The number of amides is 1. The predicted molar refractivity (Wildman–Crippen MR) is 92.7 cm³/mol. The van der Waals surface area contributed by atoms with Crippen LogP contribution in [-0.2, 0) is 4.79 Å². The number of hydrogen-bond acceptors (Lipinski definition) is 6. The summed E-state index contributed by atoms with van der Waals surface area (Å²) in [6.07, 6.45) is 4.90.